The number of fused-ring (bicyclic) bond motifs is 1. The van der Waals surface area contributed by atoms with Crippen LogP contribution in [0.1, 0.15) is 86.0 Å². The van der Waals surface area contributed by atoms with Gasteiger partial charge in [0.2, 0.25) is 0 Å². The van der Waals surface area contributed by atoms with Gasteiger partial charge in [-0.2, -0.15) is 0 Å². The van der Waals surface area contributed by atoms with E-state index in [1.54, 1.807) is 5.57 Å². The number of hydrogen-bond donors (Lipinski definition) is 1. The van der Waals surface area contributed by atoms with Crippen molar-refractivity contribution < 1.29 is 10.1 Å². The van der Waals surface area contributed by atoms with Gasteiger partial charge in [-0.1, -0.05) is 76.6 Å². The molecule has 2 heteroatoms. The van der Waals surface area contributed by atoms with E-state index in [-0.39, 0.29) is 6.10 Å². The highest BCUT2D eigenvalue weighted by Crippen LogP contribution is 2.59. The van der Waals surface area contributed by atoms with E-state index >= 15 is 0 Å². The fourth-order valence-corrected chi connectivity index (χ4v) is 6.32. The first-order valence-electron chi connectivity index (χ1n) is 12.3. The molecule has 0 unspecified atom stereocenters. The van der Waals surface area contributed by atoms with Crippen LogP contribution in [0.3, 0.4) is 0 Å². The van der Waals surface area contributed by atoms with Gasteiger partial charge in [-0.15, -0.1) is 0 Å². The molecule has 0 aromatic rings. The maximum atomic E-state index is 9.08. The van der Waals surface area contributed by atoms with Crippen molar-refractivity contribution in [1.29, 1.82) is 0 Å². The first-order chi connectivity index (χ1) is 14.3. The van der Waals surface area contributed by atoms with Gasteiger partial charge in [-0.3, -0.25) is 5.26 Å². The van der Waals surface area contributed by atoms with E-state index in [1.807, 2.05) is 0 Å². The molecule has 6 atom stereocenters. The summed E-state index contributed by atoms with van der Waals surface area (Å²) in [7, 11) is 0. The molecule has 0 spiro atoms. The summed E-state index contributed by atoms with van der Waals surface area (Å²) in [5, 5.41) is 9.08. The maximum Gasteiger partial charge on any atom is 0.0970 e. The lowest BCUT2D eigenvalue weighted by Gasteiger charge is -2.44. The average molecular weight is 413 g/mol. The third-order valence-corrected chi connectivity index (χ3v) is 8.76. The van der Waals surface area contributed by atoms with E-state index < -0.39 is 0 Å². The molecule has 30 heavy (non-hydrogen) atoms. The quantitative estimate of drug-likeness (QED) is 0.271. The van der Waals surface area contributed by atoms with Gasteiger partial charge in [-0.05, 0) is 85.5 Å². The Hall–Kier alpha value is -1.12. The molecule has 0 saturated heterocycles. The van der Waals surface area contributed by atoms with Crippen LogP contribution in [0.15, 0.2) is 47.6 Å². The summed E-state index contributed by atoms with van der Waals surface area (Å²) in [6.45, 7) is 16.2. The van der Waals surface area contributed by atoms with Crippen LogP contribution in [0.25, 0.3) is 0 Å². The van der Waals surface area contributed by atoms with E-state index in [9.17, 15) is 0 Å². The van der Waals surface area contributed by atoms with Crippen LogP contribution in [-0.4, -0.2) is 11.4 Å². The zero-order valence-electron chi connectivity index (χ0n) is 20.0. The largest absolute Gasteiger partial charge is 0.252 e. The monoisotopic (exact) mass is 412 g/mol. The van der Waals surface area contributed by atoms with Crippen LogP contribution >= 0.6 is 0 Å². The molecule has 0 heterocycles. The standard InChI is InChI=1S/C28H44O2/c1-19(2)20(3)9-10-22(5)26-15-16-27-23(8-7-17-28(26,27)6)12-13-24-18-25(30-29)14-11-21(24)4/h9-10,12-13,19-20,22,25-27,29H,4,7-8,11,14-18H2,1-3,5-6H3/b10-9+,23-12+,24-13+/t20-,22+,25-,26+,27-,28+/m0/s1. The van der Waals surface area contributed by atoms with Crippen molar-refractivity contribution in [3.63, 3.8) is 0 Å². The second kappa shape index (κ2) is 10.0. The molecule has 3 aliphatic carbocycles. The van der Waals surface area contributed by atoms with Gasteiger partial charge in [-0.25, -0.2) is 4.89 Å². The van der Waals surface area contributed by atoms with Crippen LogP contribution in [0.2, 0.25) is 0 Å². The number of rotatable bonds is 6. The minimum atomic E-state index is -0.0755. The molecular formula is C28H44O2. The molecular weight excluding hydrogens is 368 g/mol. The molecule has 0 aromatic heterocycles. The lowest BCUT2D eigenvalue weighted by atomic mass is 9.61. The maximum absolute atomic E-state index is 9.08. The van der Waals surface area contributed by atoms with Gasteiger partial charge in [0.25, 0.3) is 0 Å². The first kappa shape index (κ1) is 23.5. The Bertz CT molecular complexity index is 697. The summed E-state index contributed by atoms with van der Waals surface area (Å²) in [5.74, 6) is 3.52. The number of hydrogen-bond acceptors (Lipinski definition) is 2. The van der Waals surface area contributed by atoms with Crippen LogP contribution in [0, 0.1) is 35.0 Å². The topological polar surface area (TPSA) is 29.5 Å². The average Bonchev–Trinajstić information content (AvgIpc) is 3.08. The van der Waals surface area contributed by atoms with Gasteiger partial charge in [0.15, 0.2) is 0 Å². The molecule has 2 nitrogen and oxygen atoms in total. The summed E-state index contributed by atoms with van der Waals surface area (Å²) in [5.41, 5.74) is 4.54. The first-order valence-corrected chi connectivity index (χ1v) is 12.3. The molecule has 0 amide bonds. The van der Waals surface area contributed by atoms with Gasteiger partial charge in [0.05, 0.1) is 6.10 Å². The summed E-state index contributed by atoms with van der Waals surface area (Å²) < 4.78 is 0. The lowest BCUT2D eigenvalue weighted by molar-refractivity contribution is -0.280. The van der Waals surface area contributed by atoms with Gasteiger partial charge >= 0.3 is 0 Å². The summed E-state index contributed by atoms with van der Waals surface area (Å²) in [6.07, 6.45) is 18.7. The Morgan fingerprint density at radius 1 is 1.07 bits per heavy atom. The molecule has 0 radical (unpaired) electrons. The van der Waals surface area contributed by atoms with E-state index in [4.69, 9.17) is 5.26 Å². The molecule has 3 aliphatic rings. The molecule has 3 fully saturated rings. The molecule has 1 N–H and O–H groups in total. The van der Waals surface area contributed by atoms with Crippen LogP contribution in [-0.2, 0) is 4.89 Å². The highest BCUT2D eigenvalue weighted by Gasteiger charge is 2.50. The summed E-state index contributed by atoms with van der Waals surface area (Å²) in [6, 6.07) is 0. The summed E-state index contributed by atoms with van der Waals surface area (Å²) in [4.78, 5) is 4.63. The minimum absolute atomic E-state index is 0.0755. The smallest absolute Gasteiger partial charge is 0.0970 e. The van der Waals surface area contributed by atoms with Crippen molar-refractivity contribution in [3.8, 4) is 0 Å². The third kappa shape index (κ3) is 5.02. The van der Waals surface area contributed by atoms with Crippen molar-refractivity contribution in [1.82, 2.24) is 0 Å². The van der Waals surface area contributed by atoms with Crippen molar-refractivity contribution in [2.45, 2.75) is 92.1 Å². The Kier molecular flexibility index (Phi) is 7.85. The predicted octanol–water partition coefficient (Wildman–Crippen LogP) is 8.14. The zero-order valence-corrected chi connectivity index (χ0v) is 20.0. The molecule has 0 aliphatic heterocycles. The molecule has 0 bridgehead atoms. The molecule has 168 valence electrons. The lowest BCUT2D eigenvalue weighted by Crippen LogP contribution is -2.35. The molecule has 0 aromatic carbocycles. The van der Waals surface area contributed by atoms with Crippen LogP contribution < -0.4 is 0 Å². The van der Waals surface area contributed by atoms with E-state index in [0.717, 1.165) is 25.2 Å². The van der Waals surface area contributed by atoms with Crippen LogP contribution in [0.5, 0.6) is 0 Å². The SMILES string of the molecule is C=C1CC[C@H](OO)C/C1=C\C=C1/CCC[C@]2(C)[C@@H]([C@H](C)/C=C/[C@H](C)C(C)C)CC[C@@H]12. The van der Waals surface area contributed by atoms with Crippen molar-refractivity contribution >= 4 is 0 Å². The fraction of sp³-hybridized carbons (Fsp3) is 0.714. The van der Waals surface area contributed by atoms with Crippen LogP contribution in [0.4, 0.5) is 0 Å². The van der Waals surface area contributed by atoms with Gasteiger partial charge < -0.3 is 0 Å². The van der Waals surface area contributed by atoms with E-state index in [1.165, 1.54) is 43.3 Å². The minimum Gasteiger partial charge on any atom is -0.252 e. The Balaban J connectivity index is 1.75. The second-order valence-electron chi connectivity index (χ2n) is 11.0. The zero-order chi connectivity index (χ0) is 21.9. The Labute approximate surface area is 185 Å². The van der Waals surface area contributed by atoms with Gasteiger partial charge in [0, 0.05) is 6.42 Å². The Morgan fingerprint density at radius 3 is 2.53 bits per heavy atom. The normalized spacial score (nSPS) is 37.3. The van der Waals surface area contributed by atoms with E-state index in [2.05, 4.69) is 70.4 Å². The predicted molar refractivity (Wildman–Crippen MR) is 127 cm³/mol. The van der Waals surface area contributed by atoms with Crippen molar-refractivity contribution in [3.05, 3.63) is 47.6 Å². The van der Waals surface area contributed by atoms with E-state index in [0.29, 0.717) is 29.1 Å². The van der Waals surface area contributed by atoms with Crippen molar-refractivity contribution in [2.24, 2.45) is 35.0 Å². The van der Waals surface area contributed by atoms with Crippen molar-refractivity contribution in [2.75, 3.05) is 0 Å². The third-order valence-electron chi connectivity index (χ3n) is 8.76. The summed E-state index contributed by atoms with van der Waals surface area (Å²) >= 11 is 0. The van der Waals surface area contributed by atoms with Gasteiger partial charge in [0.1, 0.15) is 0 Å². The highest BCUT2D eigenvalue weighted by molar-refractivity contribution is 5.36. The number of allylic oxidation sites excluding steroid dienone is 6. The Morgan fingerprint density at radius 2 is 1.83 bits per heavy atom. The molecule has 3 saturated carbocycles. The molecule has 3 rings (SSSR count). The second-order valence-corrected chi connectivity index (χ2v) is 11.0. The highest BCUT2D eigenvalue weighted by atomic mass is 17.1. The fourth-order valence-electron chi connectivity index (χ4n) is 6.32.